The highest BCUT2D eigenvalue weighted by atomic mass is 32.2. The van der Waals surface area contributed by atoms with Crippen LogP contribution < -0.4 is 5.56 Å². The van der Waals surface area contributed by atoms with Crippen molar-refractivity contribution in [2.45, 2.75) is 25.0 Å². The van der Waals surface area contributed by atoms with Crippen LogP contribution >= 0.6 is 11.8 Å². The molecule has 3 rings (SSSR count). The fraction of sp³-hybridized carbons (Fsp3) is 0.286. The molecule has 2 aromatic carbocycles. The third-order valence-corrected chi connectivity index (χ3v) is 5.31. The van der Waals surface area contributed by atoms with Gasteiger partial charge in [0.05, 0.1) is 16.7 Å². The van der Waals surface area contributed by atoms with E-state index in [2.05, 4.69) is 4.98 Å². The van der Waals surface area contributed by atoms with Crippen molar-refractivity contribution in [1.82, 2.24) is 9.55 Å². The molecule has 0 bridgehead atoms. The predicted octanol–water partition coefficient (Wildman–Crippen LogP) is 3.21. The molecule has 0 aliphatic rings. The van der Waals surface area contributed by atoms with E-state index in [1.165, 1.54) is 30.0 Å². The number of hydrogen-bond donors (Lipinski definition) is 2. The number of carbonyl (C=O) groups excluding carboxylic acids is 1. The molecule has 3 aromatic rings. The van der Waals surface area contributed by atoms with Gasteiger partial charge in [-0.15, -0.1) is 0 Å². The van der Waals surface area contributed by atoms with E-state index in [0.717, 1.165) is 0 Å². The Labute approximate surface area is 172 Å². The molecule has 0 atom stereocenters. The quantitative estimate of drug-likeness (QED) is 0.182. The lowest BCUT2D eigenvalue weighted by molar-refractivity contribution is 0.102. The summed E-state index contributed by atoms with van der Waals surface area (Å²) in [6.45, 7) is 3.50. The maximum atomic E-state index is 12.9. The average molecular weight is 414 g/mol. The molecule has 0 unspecified atom stereocenters. The van der Waals surface area contributed by atoms with E-state index in [4.69, 9.17) is 4.74 Å². The van der Waals surface area contributed by atoms with Crippen LogP contribution in [0.25, 0.3) is 10.9 Å². The van der Waals surface area contributed by atoms with Gasteiger partial charge in [-0.05, 0) is 43.7 Å². The lowest BCUT2D eigenvalue weighted by Gasteiger charge is -2.13. The van der Waals surface area contributed by atoms with Gasteiger partial charge < -0.3 is 14.9 Å². The molecule has 0 radical (unpaired) electrons. The first-order chi connectivity index (χ1) is 14.0. The second-order valence-corrected chi connectivity index (χ2v) is 7.28. The lowest BCUT2D eigenvalue weighted by Crippen LogP contribution is -2.24. The maximum absolute atomic E-state index is 12.9. The minimum Gasteiger partial charge on any atom is -0.504 e. The number of thioether (sulfide) groups is 1. The van der Waals surface area contributed by atoms with Crippen LogP contribution in [0.3, 0.4) is 0 Å². The van der Waals surface area contributed by atoms with Gasteiger partial charge in [0, 0.05) is 25.3 Å². The third kappa shape index (κ3) is 4.96. The Kier molecular flexibility index (Phi) is 6.90. The summed E-state index contributed by atoms with van der Waals surface area (Å²) in [5.41, 5.74) is 0.707. The SMILES string of the molecule is CCOCCCn1c(SCC(=O)c2ccc(O)c(O)c2)nc2ccccc2c1=O. The van der Waals surface area contributed by atoms with E-state index in [1.54, 1.807) is 22.8 Å². The molecule has 0 amide bonds. The summed E-state index contributed by atoms with van der Waals surface area (Å²) in [5.74, 6) is -0.833. The van der Waals surface area contributed by atoms with Crippen molar-refractivity contribution < 1.29 is 19.7 Å². The molecular weight excluding hydrogens is 392 g/mol. The summed E-state index contributed by atoms with van der Waals surface area (Å²) in [6.07, 6.45) is 0.654. The molecule has 0 aliphatic heterocycles. The van der Waals surface area contributed by atoms with Crippen molar-refractivity contribution in [2.24, 2.45) is 0 Å². The summed E-state index contributed by atoms with van der Waals surface area (Å²) >= 11 is 1.17. The Morgan fingerprint density at radius 2 is 1.97 bits per heavy atom. The van der Waals surface area contributed by atoms with Crippen LogP contribution in [-0.2, 0) is 11.3 Å². The topological polar surface area (TPSA) is 102 Å². The number of aromatic nitrogens is 2. The number of rotatable bonds is 9. The zero-order chi connectivity index (χ0) is 20.8. The summed E-state index contributed by atoms with van der Waals surface area (Å²) in [5, 5.41) is 20.0. The zero-order valence-electron chi connectivity index (χ0n) is 16.0. The highest BCUT2D eigenvalue weighted by molar-refractivity contribution is 7.99. The van der Waals surface area contributed by atoms with Crippen LogP contribution in [0, 0.1) is 0 Å². The normalized spacial score (nSPS) is 11.1. The Bertz CT molecular complexity index is 1080. The summed E-state index contributed by atoms with van der Waals surface area (Å²) in [4.78, 5) is 30.0. The number of ether oxygens (including phenoxy) is 1. The van der Waals surface area contributed by atoms with E-state index in [-0.39, 0.29) is 34.2 Å². The molecule has 1 heterocycles. The summed E-state index contributed by atoms with van der Waals surface area (Å²) in [6, 6.07) is 11.1. The van der Waals surface area contributed by atoms with Crippen molar-refractivity contribution in [3.8, 4) is 11.5 Å². The van der Waals surface area contributed by atoms with Gasteiger partial charge in [0.15, 0.2) is 22.4 Å². The molecule has 0 fully saturated rings. The molecule has 0 saturated heterocycles. The largest absolute Gasteiger partial charge is 0.504 e. The maximum Gasteiger partial charge on any atom is 0.262 e. The number of benzene rings is 2. The van der Waals surface area contributed by atoms with Crippen molar-refractivity contribution >= 4 is 28.4 Å². The minimum atomic E-state index is -0.350. The number of para-hydroxylation sites is 1. The van der Waals surface area contributed by atoms with Gasteiger partial charge in [-0.1, -0.05) is 23.9 Å². The smallest absolute Gasteiger partial charge is 0.262 e. The molecule has 0 spiro atoms. The molecule has 0 aliphatic carbocycles. The van der Waals surface area contributed by atoms with E-state index >= 15 is 0 Å². The highest BCUT2D eigenvalue weighted by Crippen LogP contribution is 2.26. The first kappa shape index (κ1) is 20.9. The van der Waals surface area contributed by atoms with Crippen molar-refractivity contribution in [1.29, 1.82) is 0 Å². The van der Waals surface area contributed by atoms with Gasteiger partial charge in [0.2, 0.25) is 0 Å². The molecular formula is C21H22N2O5S. The third-order valence-electron chi connectivity index (χ3n) is 4.33. The number of fused-ring (bicyclic) bond motifs is 1. The molecule has 0 saturated carbocycles. The first-order valence-corrected chi connectivity index (χ1v) is 10.2. The molecule has 7 nitrogen and oxygen atoms in total. The molecule has 8 heteroatoms. The van der Waals surface area contributed by atoms with Gasteiger partial charge in [0.25, 0.3) is 5.56 Å². The Morgan fingerprint density at radius 3 is 2.72 bits per heavy atom. The second kappa shape index (κ2) is 9.58. The van der Waals surface area contributed by atoms with E-state index in [9.17, 15) is 19.8 Å². The van der Waals surface area contributed by atoms with E-state index < -0.39 is 0 Å². The standard InChI is InChI=1S/C21H22N2O5S/c1-2-28-11-5-10-23-20(27)15-6-3-4-7-16(15)22-21(23)29-13-19(26)14-8-9-17(24)18(25)12-14/h3-4,6-9,12,24-25H,2,5,10-11,13H2,1H3. The van der Waals surface area contributed by atoms with E-state index in [1.807, 2.05) is 13.0 Å². The molecule has 1 aromatic heterocycles. The molecule has 2 N–H and O–H groups in total. The van der Waals surface area contributed by atoms with Gasteiger partial charge in [-0.3, -0.25) is 14.2 Å². The molecule has 29 heavy (non-hydrogen) atoms. The van der Waals surface area contributed by atoms with Crippen LogP contribution in [0.5, 0.6) is 11.5 Å². The summed E-state index contributed by atoms with van der Waals surface area (Å²) in [7, 11) is 0. The van der Waals surface area contributed by atoms with Gasteiger partial charge in [-0.2, -0.15) is 0 Å². The number of carbonyl (C=O) groups is 1. The van der Waals surface area contributed by atoms with Crippen molar-refractivity contribution in [3.05, 3.63) is 58.4 Å². The Hall–Kier alpha value is -2.84. The van der Waals surface area contributed by atoms with Crippen LogP contribution in [0.15, 0.2) is 52.4 Å². The van der Waals surface area contributed by atoms with Gasteiger partial charge in [-0.25, -0.2) is 4.98 Å². The summed E-state index contributed by atoms with van der Waals surface area (Å²) < 4.78 is 6.94. The second-order valence-electron chi connectivity index (χ2n) is 6.33. The fourth-order valence-electron chi connectivity index (χ4n) is 2.83. The number of aromatic hydroxyl groups is 2. The predicted molar refractivity (Wildman–Crippen MR) is 112 cm³/mol. The minimum absolute atomic E-state index is 0.0421. The van der Waals surface area contributed by atoms with E-state index in [0.29, 0.717) is 42.2 Å². The first-order valence-electron chi connectivity index (χ1n) is 9.26. The number of ketones is 1. The lowest BCUT2D eigenvalue weighted by atomic mass is 10.1. The zero-order valence-corrected chi connectivity index (χ0v) is 16.8. The monoisotopic (exact) mass is 414 g/mol. The van der Waals surface area contributed by atoms with Crippen LogP contribution in [0.2, 0.25) is 0 Å². The number of phenolic OH excluding ortho intramolecular Hbond substituents is 2. The van der Waals surface area contributed by atoms with Crippen LogP contribution in [0.1, 0.15) is 23.7 Å². The Balaban J connectivity index is 1.85. The highest BCUT2D eigenvalue weighted by Gasteiger charge is 2.15. The fourth-order valence-corrected chi connectivity index (χ4v) is 3.75. The number of nitrogens with zero attached hydrogens (tertiary/aromatic N) is 2. The van der Waals surface area contributed by atoms with Crippen LogP contribution in [-0.4, -0.2) is 44.5 Å². The van der Waals surface area contributed by atoms with Gasteiger partial charge >= 0.3 is 0 Å². The molecule has 152 valence electrons. The van der Waals surface area contributed by atoms with Crippen LogP contribution in [0.4, 0.5) is 0 Å². The van der Waals surface area contributed by atoms with Crippen molar-refractivity contribution in [2.75, 3.05) is 19.0 Å². The van der Waals surface area contributed by atoms with Gasteiger partial charge in [0.1, 0.15) is 0 Å². The Morgan fingerprint density at radius 1 is 1.17 bits per heavy atom. The van der Waals surface area contributed by atoms with Crippen molar-refractivity contribution in [3.63, 3.8) is 0 Å². The average Bonchev–Trinajstić information content (AvgIpc) is 2.73. The number of hydrogen-bond acceptors (Lipinski definition) is 7. The number of phenols is 2. The number of Topliss-reactive ketones (excluding diaryl/α,β-unsaturated/α-hetero) is 1.